The van der Waals surface area contributed by atoms with Crippen LogP contribution in [0.1, 0.15) is 36.9 Å². The molecule has 0 unspecified atom stereocenters. The Hall–Kier alpha value is -3.30. The minimum absolute atomic E-state index is 0.203. The van der Waals surface area contributed by atoms with Gasteiger partial charge in [-0.25, -0.2) is 14.4 Å². The van der Waals surface area contributed by atoms with Gasteiger partial charge < -0.3 is 10.2 Å². The van der Waals surface area contributed by atoms with Gasteiger partial charge in [0.25, 0.3) is 11.1 Å². The van der Waals surface area contributed by atoms with E-state index in [4.69, 9.17) is 0 Å². The molecule has 3 aromatic rings. The van der Waals surface area contributed by atoms with E-state index in [-0.39, 0.29) is 17.0 Å². The molecule has 184 valence electrons. The van der Waals surface area contributed by atoms with Crippen molar-refractivity contribution in [2.24, 2.45) is 5.41 Å². The van der Waals surface area contributed by atoms with Crippen LogP contribution in [0.5, 0.6) is 0 Å². The van der Waals surface area contributed by atoms with Gasteiger partial charge in [0.15, 0.2) is 0 Å². The lowest BCUT2D eigenvalue weighted by atomic mass is 9.60. The number of halogens is 1. The number of nitrogens with one attached hydrogen (secondary N) is 2. The topological polar surface area (TPSA) is 87.2 Å². The van der Waals surface area contributed by atoms with Gasteiger partial charge in [-0.3, -0.25) is 14.9 Å². The molecule has 0 radical (unpaired) electrons. The summed E-state index contributed by atoms with van der Waals surface area (Å²) in [7, 11) is 0. The van der Waals surface area contributed by atoms with Crippen molar-refractivity contribution in [2.45, 2.75) is 38.3 Å². The van der Waals surface area contributed by atoms with Gasteiger partial charge in [-0.15, -0.1) is 0 Å². The highest BCUT2D eigenvalue weighted by Gasteiger charge is 2.45. The number of piperidine rings is 1. The fourth-order valence-corrected chi connectivity index (χ4v) is 6.17. The first kappa shape index (κ1) is 23.1. The second-order valence-electron chi connectivity index (χ2n) is 9.93. The number of nitrogens with zero attached hydrogens (tertiary/aromatic N) is 3. The maximum atomic E-state index is 13.4. The minimum atomic E-state index is -0.380. The summed E-state index contributed by atoms with van der Waals surface area (Å²) in [5.41, 5.74) is 2.22. The van der Waals surface area contributed by atoms with Gasteiger partial charge in [0.1, 0.15) is 5.82 Å². The first-order valence-electron chi connectivity index (χ1n) is 12.2. The molecular formula is C27H26FN5O2S. The molecule has 1 spiro atoms. The fourth-order valence-electron chi connectivity index (χ4n) is 5.51. The Morgan fingerprint density at radius 2 is 1.89 bits per heavy atom. The number of carbonyl (C=O) groups excluding carboxylic acids is 2. The van der Waals surface area contributed by atoms with Crippen molar-refractivity contribution < 1.29 is 14.0 Å². The Morgan fingerprint density at radius 3 is 2.67 bits per heavy atom. The molecule has 2 saturated heterocycles. The minimum Gasteiger partial charge on any atom is -0.341 e. The number of thioether (sulfide) groups is 1. The zero-order chi connectivity index (χ0) is 24.7. The average Bonchev–Trinajstić information content (AvgIpc) is 3.18. The number of anilines is 1. The molecule has 2 aliphatic heterocycles. The molecule has 1 aromatic heterocycles. The van der Waals surface area contributed by atoms with Crippen molar-refractivity contribution >= 4 is 45.7 Å². The molecule has 1 aliphatic carbocycles. The Labute approximate surface area is 212 Å². The molecule has 3 heterocycles. The van der Waals surface area contributed by atoms with Crippen molar-refractivity contribution in [2.75, 3.05) is 18.0 Å². The van der Waals surface area contributed by atoms with Crippen LogP contribution in [0.25, 0.3) is 16.8 Å². The molecule has 0 bridgehead atoms. The zero-order valence-electron chi connectivity index (χ0n) is 19.7. The first-order chi connectivity index (χ1) is 17.4. The van der Waals surface area contributed by atoms with Crippen LogP contribution < -0.4 is 15.5 Å². The molecule has 6 rings (SSSR count). The molecule has 2 amide bonds. The summed E-state index contributed by atoms with van der Waals surface area (Å²) in [6.45, 7) is 2.63. The molecule has 2 N–H and O–H groups in total. The van der Waals surface area contributed by atoms with Crippen LogP contribution in [-0.2, 0) is 11.3 Å². The Kier molecular flexibility index (Phi) is 5.97. The van der Waals surface area contributed by atoms with Crippen molar-refractivity contribution in [3.63, 3.8) is 0 Å². The summed E-state index contributed by atoms with van der Waals surface area (Å²) in [6, 6.07) is 13.4. The lowest BCUT2D eigenvalue weighted by Crippen LogP contribution is -2.53. The summed E-state index contributed by atoms with van der Waals surface area (Å²) in [5.74, 6) is 0.0824. The predicted molar refractivity (Wildman–Crippen MR) is 139 cm³/mol. The van der Waals surface area contributed by atoms with E-state index >= 15 is 0 Å². The third-order valence-corrected chi connectivity index (χ3v) is 8.32. The maximum absolute atomic E-state index is 13.4. The van der Waals surface area contributed by atoms with Crippen LogP contribution in [0.4, 0.5) is 15.1 Å². The highest BCUT2D eigenvalue weighted by atomic mass is 32.2. The monoisotopic (exact) mass is 503 g/mol. The van der Waals surface area contributed by atoms with Gasteiger partial charge >= 0.3 is 0 Å². The molecule has 0 atom stereocenters. The maximum Gasteiger partial charge on any atom is 0.290 e. The van der Waals surface area contributed by atoms with Crippen molar-refractivity contribution in [3.8, 4) is 0 Å². The Balaban J connectivity index is 1.01. The third kappa shape index (κ3) is 4.73. The van der Waals surface area contributed by atoms with E-state index in [0.717, 1.165) is 55.0 Å². The van der Waals surface area contributed by atoms with E-state index in [1.54, 1.807) is 24.4 Å². The molecule has 1 saturated carbocycles. The SMILES string of the molecule is O=C1NC(=O)C(=Cc2ccnc(N3CCC4(CC3)CC(NCc3ccc5cc(F)ccc5c3)C4)n2)S1. The number of hydrogen-bond acceptors (Lipinski definition) is 7. The molecule has 3 fully saturated rings. The summed E-state index contributed by atoms with van der Waals surface area (Å²) in [5, 5.41) is 7.59. The van der Waals surface area contributed by atoms with E-state index in [1.807, 2.05) is 12.1 Å². The van der Waals surface area contributed by atoms with Gasteiger partial charge in [0, 0.05) is 31.9 Å². The molecule has 7 nitrogen and oxygen atoms in total. The number of rotatable bonds is 5. The van der Waals surface area contributed by atoms with E-state index in [0.29, 0.717) is 28.0 Å². The number of fused-ring (bicyclic) bond motifs is 1. The van der Waals surface area contributed by atoms with Gasteiger partial charge in [-0.05, 0) is 89.5 Å². The van der Waals surface area contributed by atoms with E-state index < -0.39 is 0 Å². The molecular weight excluding hydrogens is 477 g/mol. The summed E-state index contributed by atoms with van der Waals surface area (Å²) < 4.78 is 13.4. The van der Waals surface area contributed by atoms with Crippen molar-refractivity contribution in [1.29, 1.82) is 0 Å². The summed E-state index contributed by atoms with van der Waals surface area (Å²) in [6.07, 6.45) is 7.89. The standard InChI is InChI=1S/C27H26FN5O2S/c28-20-4-3-18-11-17(1-2-19(18)12-20)16-30-22-14-27(15-22)6-9-33(10-7-27)25-29-8-5-21(31-25)13-23-24(34)32-26(35)36-23/h1-5,8,11-13,22,30H,6-7,9-10,14-16H2,(H,32,34,35). The number of hydrogen-bond donors (Lipinski definition) is 2. The Bertz CT molecular complexity index is 1380. The normalized spacial score (nSPS) is 20.8. The lowest BCUT2D eigenvalue weighted by molar-refractivity contribution is -0.115. The first-order valence-corrected chi connectivity index (χ1v) is 13.0. The second kappa shape index (κ2) is 9.29. The number of aromatic nitrogens is 2. The summed E-state index contributed by atoms with van der Waals surface area (Å²) >= 11 is 0.892. The van der Waals surface area contributed by atoms with E-state index in [2.05, 4.69) is 37.6 Å². The third-order valence-electron chi connectivity index (χ3n) is 7.51. The van der Waals surface area contributed by atoms with Crippen LogP contribution in [0, 0.1) is 11.2 Å². The van der Waals surface area contributed by atoms with Crippen LogP contribution in [0.3, 0.4) is 0 Å². The quantitative estimate of drug-likeness (QED) is 0.491. The average molecular weight is 504 g/mol. The number of carbonyl (C=O) groups is 2. The predicted octanol–water partition coefficient (Wildman–Crippen LogP) is 4.63. The fraction of sp³-hybridized carbons (Fsp3) is 0.333. The van der Waals surface area contributed by atoms with Crippen LogP contribution in [-0.4, -0.2) is 40.2 Å². The molecule has 2 aromatic carbocycles. The van der Waals surface area contributed by atoms with Crippen molar-refractivity contribution in [1.82, 2.24) is 20.6 Å². The number of imide groups is 1. The zero-order valence-corrected chi connectivity index (χ0v) is 20.5. The highest BCUT2D eigenvalue weighted by molar-refractivity contribution is 8.18. The second-order valence-corrected chi connectivity index (χ2v) is 10.9. The largest absolute Gasteiger partial charge is 0.341 e. The van der Waals surface area contributed by atoms with Gasteiger partial charge in [-0.2, -0.15) is 0 Å². The molecule has 36 heavy (non-hydrogen) atoms. The van der Waals surface area contributed by atoms with Crippen LogP contribution >= 0.6 is 11.8 Å². The summed E-state index contributed by atoms with van der Waals surface area (Å²) in [4.78, 5) is 34.8. The van der Waals surface area contributed by atoms with Crippen LogP contribution in [0.15, 0.2) is 53.6 Å². The smallest absolute Gasteiger partial charge is 0.290 e. The Morgan fingerprint density at radius 1 is 1.11 bits per heavy atom. The number of benzene rings is 2. The number of amides is 2. The van der Waals surface area contributed by atoms with E-state index in [9.17, 15) is 14.0 Å². The van der Waals surface area contributed by atoms with Gasteiger partial charge in [-0.1, -0.05) is 18.2 Å². The molecule has 9 heteroatoms. The van der Waals surface area contributed by atoms with Crippen LogP contribution in [0.2, 0.25) is 0 Å². The van der Waals surface area contributed by atoms with Gasteiger partial charge in [0.05, 0.1) is 10.6 Å². The van der Waals surface area contributed by atoms with E-state index in [1.165, 1.54) is 24.5 Å². The molecule has 3 aliphatic rings. The lowest BCUT2D eigenvalue weighted by Gasteiger charge is -2.52. The highest BCUT2D eigenvalue weighted by Crippen LogP contribution is 2.49. The van der Waals surface area contributed by atoms with Crippen molar-refractivity contribution in [3.05, 3.63) is 70.6 Å². The van der Waals surface area contributed by atoms with Gasteiger partial charge in [0.2, 0.25) is 5.95 Å².